The molecule has 0 spiro atoms. The summed E-state index contributed by atoms with van der Waals surface area (Å²) in [5.41, 5.74) is 6.28. The molecular weight excluding hydrogens is 257 g/mol. The lowest BCUT2D eigenvalue weighted by atomic mass is 10.1. The molecule has 1 fully saturated rings. The van der Waals surface area contributed by atoms with Crippen LogP contribution in [0.25, 0.3) is 11.2 Å². The van der Waals surface area contributed by atoms with Crippen LogP contribution in [0, 0.1) is 0 Å². The minimum absolute atomic E-state index is 0.177. The van der Waals surface area contributed by atoms with Crippen LogP contribution in [0.3, 0.4) is 0 Å². The van der Waals surface area contributed by atoms with Gasteiger partial charge in [-0.2, -0.15) is 0 Å². The molecule has 1 saturated heterocycles. The van der Waals surface area contributed by atoms with E-state index in [-0.39, 0.29) is 5.82 Å². The Morgan fingerprint density at radius 3 is 2.89 bits per heavy atom. The van der Waals surface area contributed by atoms with Crippen molar-refractivity contribution in [2.75, 3.05) is 12.3 Å². The topological polar surface area (TPSA) is 119 Å². The highest BCUT2D eigenvalue weighted by molar-refractivity contribution is 5.81. The van der Waals surface area contributed by atoms with Crippen molar-refractivity contribution in [3.63, 3.8) is 0 Å². The van der Waals surface area contributed by atoms with E-state index in [0.29, 0.717) is 11.2 Å². The van der Waals surface area contributed by atoms with Crippen LogP contribution in [-0.2, 0) is 4.74 Å². The van der Waals surface area contributed by atoms with Gasteiger partial charge in [-0.1, -0.05) is 0 Å². The number of anilines is 1. The van der Waals surface area contributed by atoms with Crippen LogP contribution in [0.4, 0.5) is 10.2 Å². The molecule has 0 bridgehead atoms. The van der Waals surface area contributed by atoms with Crippen LogP contribution in [0.15, 0.2) is 12.7 Å². The number of aliphatic hydroxyl groups is 2. The molecule has 0 amide bonds. The van der Waals surface area contributed by atoms with Gasteiger partial charge < -0.3 is 20.7 Å². The first kappa shape index (κ1) is 12.2. The van der Waals surface area contributed by atoms with Crippen molar-refractivity contribution in [2.45, 2.75) is 24.6 Å². The van der Waals surface area contributed by atoms with Gasteiger partial charge in [0.25, 0.3) is 0 Å². The number of hydrogen-bond acceptors (Lipinski definition) is 7. The number of nitrogens with two attached hydrogens (primary N) is 1. The Kier molecular flexibility index (Phi) is 2.81. The largest absolute Gasteiger partial charge is 0.394 e. The molecule has 9 heteroatoms. The lowest BCUT2D eigenvalue weighted by Crippen LogP contribution is -2.30. The van der Waals surface area contributed by atoms with Gasteiger partial charge in [-0.15, -0.1) is 0 Å². The molecule has 1 aliphatic rings. The molecule has 3 heterocycles. The number of alkyl halides is 1. The van der Waals surface area contributed by atoms with Crippen LogP contribution >= 0.6 is 0 Å². The molecule has 3 rings (SSSR count). The highest BCUT2D eigenvalue weighted by atomic mass is 19.1. The summed E-state index contributed by atoms with van der Waals surface area (Å²) in [6.45, 7) is -0.470. The third-order valence-electron chi connectivity index (χ3n) is 3.13. The van der Waals surface area contributed by atoms with E-state index in [9.17, 15) is 9.50 Å². The number of hydrogen-bond donors (Lipinski definition) is 3. The average Bonchev–Trinajstić information content (AvgIpc) is 2.94. The Hall–Kier alpha value is -1.84. The SMILES string of the molecule is Nc1ncnc2c1ncn2[C@@H]1O[C@H](CO)C(O)[C@H]1F. The average molecular weight is 269 g/mol. The monoisotopic (exact) mass is 269 g/mol. The zero-order valence-electron chi connectivity index (χ0n) is 9.72. The fourth-order valence-electron chi connectivity index (χ4n) is 2.13. The maximum absolute atomic E-state index is 14.0. The molecule has 2 aromatic rings. The maximum atomic E-state index is 14.0. The van der Waals surface area contributed by atoms with Gasteiger partial charge in [-0.25, -0.2) is 19.3 Å². The van der Waals surface area contributed by atoms with E-state index in [1.54, 1.807) is 0 Å². The first-order valence-corrected chi connectivity index (χ1v) is 5.65. The van der Waals surface area contributed by atoms with Gasteiger partial charge in [0.05, 0.1) is 12.9 Å². The maximum Gasteiger partial charge on any atom is 0.173 e. The van der Waals surface area contributed by atoms with Gasteiger partial charge in [0.1, 0.15) is 24.1 Å². The lowest BCUT2D eigenvalue weighted by molar-refractivity contribution is -0.0459. The zero-order chi connectivity index (χ0) is 13.6. The summed E-state index contributed by atoms with van der Waals surface area (Å²) in [6.07, 6.45) is -2.61. The zero-order valence-corrected chi connectivity index (χ0v) is 9.72. The Morgan fingerprint density at radius 1 is 1.42 bits per heavy atom. The van der Waals surface area contributed by atoms with Crippen molar-refractivity contribution in [3.8, 4) is 0 Å². The summed E-state index contributed by atoms with van der Waals surface area (Å²) < 4.78 is 20.6. The summed E-state index contributed by atoms with van der Waals surface area (Å²) in [4.78, 5) is 11.8. The number of aromatic nitrogens is 4. The van der Waals surface area contributed by atoms with Gasteiger partial charge in [0.2, 0.25) is 0 Å². The van der Waals surface area contributed by atoms with Gasteiger partial charge in [-0.3, -0.25) is 4.57 Å². The summed E-state index contributed by atoms with van der Waals surface area (Å²) >= 11 is 0. The van der Waals surface area contributed by atoms with Gasteiger partial charge in [-0.05, 0) is 0 Å². The molecule has 1 unspecified atom stereocenters. The quantitative estimate of drug-likeness (QED) is 0.639. The Bertz CT molecular complexity index is 606. The number of aliphatic hydroxyl groups excluding tert-OH is 2. The van der Waals surface area contributed by atoms with E-state index < -0.39 is 31.2 Å². The number of rotatable bonds is 2. The van der Waals surface area contributed by atoms with Crippen molar-refractivity contribution >= 4 is 17.0 Å². The summed E-state index contributed by atoms with van der Waals surface area (Å²) in [6, 6.07) is 0. The van der Waals surface area contributed by atoms with Gasteiger partial charge in [0, 0.05) is 0 Å². The van der Waals surface area contributed by atoms with Crippen molar-refractivity contribution < 1.29 is 19.3 Å². The smallest absolute Gasteiger partial charge is 0.173 e. The second kappa shape index (κ2) is 4.37. The molecule has 0 aromatic carbocycles. The number of nitrogen functional groups attached to an aromatic ring is 1. The number of imidazole rings is 1. The second-order valence-electron chi connectivity index (χ2n) is 4.27. The first-order valence-electron chi connectivity index (χ1n) is 5.65. The van der Waals surface area contributed by atoms with Crippen LogP contribution in [0.5, 0.6) is 0 Å². The normalized spacial score (nSPS) is 31.1. The molecular formula is C10H12FN5O3. The van der Waals surface area contributed by atoms with Crippen LogP contribution < -0.4 is 5.73 Å². The molecule has 2 aromatic heterocycles. The minimum atomic E-state index is -1.69. The van der Waals surface area contributed by atoms with Crippen LogP contribution in [0.2, 0.25) is 0 Å². The second-order valence-corrected chi connectivity index (χ2v) is 4.27. The van der Waals surface area contributed by atoms with Crippen molar-refractivity contribution in [2.24, 2.45) is 0 Å². The van der Waals surface area contributed by atoms with Gasteiger partial charge in [0.15, 0.2) is 23.9 Å². The lowest BCUT2D eigenvalue weighted by Gasteiger charge is -2.14. The highest BCUT2D eigenvalue weighted by Crippen LogP contribution is 2.33. The Labute approximate surface area is 106 Å². The van der Waals surface area contributed by atoms with Crippen LogP contribution in [0.1, 0.15) is 6.23 Å². The van der Waals surface area contributed by atoms with E-state index in [1.807, 2.05) is 0 Å². The standard InChI is InChI=1S/C10H12FN5O3/c11-5-7(18)4(1-17)19-10(5)16-3-15-6-8(12)13-2-14-9(6)16/h2-5,7,10,17-18H,1H2,(H2,12,13,14)/t4-,5-,7?,10-/m1/s1. The van der Waals surface area contributed by atoms with E-state index in [4.69, 9.17) is 15.6 Å². The fourth-order valence-corrected chi connectivity index (χ4v) is 2.13. The molecule has 0 saturated carbocycles. The molecule has 8 nitrogen and oxygen atoms in total. The number of nitrogens with zero attached hydrogens (tertiary/aromatic N) is 4. The Balaban J connectivity index is 2.04. The van der Waals surface area contributed by atoms with Crippen molar-refractivity contribution in [1.29, 1.82) is 0 Å². The molecule has 102 valence electrons. The van der Waals surface area contributed by atoms with Crippen molar-refractivity contribution in [3.05, 3.63) is 12.7 Å². The molecule has 0 aliphatic carbocycles. The van der Waals surface area contributed by atoms with E-state index in [1.165, 1.54) is 17.2 Å². The predicted octanol–water partition coefficient (Wildman–Crippen LogP) is -1.00. The number of halogens is 1. The summed E-state index contributed by atoms with van der Waals surface area (Å²) in [5.74, 6) is 0.177. The third kappa shape index (κ3) is 1.74. The molecule has 4 N–H and O–H groups in total. The van der Waals surface area contributed by atoms with Gasteiger partial charge >= 0.3 is 0 Å². The summed E-state index contributed by atoms with van der Waals surface area (Å²) in [5, 5.41) is 18.6. The van der Waals surface area contributed by atoms with Crippen molar-refractivity contribution in [1.82, 2.24) is 19.5 Å². The number of ether oxygens (including phenoxy) is 1. The third-order valence-corrected chi connectivity index (χ3v) is 3.13. The van der Waals surface area contributed by atoms with E-state index in [0.717, 1.165) is 0 Å². The first-order chi connectivity index (χ1) is 9.13. The predicted molar refractivity (Wildman–Crippen MR) is 61.6 cm³/mol. The molecule has 19 heavy (non-hydrogen) atoms. The molecule has 0 radical (unpaired) electrons. The molecule has 1 aliphatic heterocycles. The molecule has 4 atom stereocenters. The summed E-state index contributed by atoms with van der Waals surface area (Å²) in [7, 11) is 0. The fraction of sp³-hybridized carbons (Fsp3) is 0.500. The van der Waals surface area contributed by atoms with Crippen LogP contribution in [-0.4, -0.2) is 54.7 Å². The highest BCUT2D eigenvalue weighted by Gasteiger charge is 2.45. The van der Waals surface area contributed by atoms with E-state index in [2.05, 4.69) is 15.0 Å². The Morgan fingerprint density at radius 2 is 2.21 bits per heavy atom. The minimum Gasteiger partial charge on any atom is -0.394 e. The number of fused-ring (bicyclic) bond motifs is 1. The van der Waals surface area contributed by atoms with E-state index >= 15 is 0 Å².